The second-order valence-electron chi connectivity index (χ2n) is 8.16. The van der Waals surface area contributed by atoms with Crippen LogP contribution in [0.4, 0.5) is 11.5 Å². The van der Waals surface area contributed by atoms with Crippen LogP contribution in [0.3, 0.4) is 0 Å². The molecule has 0 aliphatic carbocycles. The summed E-state index contributed by atoms with van der Waals surface area (Å²) in [7, 11) is -2.55. The highest BCUT2D eigenvalue weighted by Crippen LogP contribution is 2.28. The number of rotatable bonds is 5. The fraction of sp³-hybridized carbons (Fsp3) is 0. The van der Waals surface area contributed by atoms with Gasteiger partial charge in [0.05, 0.1) is 6.57 Å². The minimum absolute atomic E-state index is 0.429. The molecular formula is C30H23N3Si. The van der Waals surface area contributed by atoms with Crippen molar-refractivity contribution in [2.75, 3.05) is 5.73 Å². The molecule has 4 aromatic carbocycles. The molecule has 0 amide bonds. The fourth-order valence-electron chi connectivity index (χ4n) is 4.72. The zero-order valence-electron chi connectivity index (χ0n) is 18.6. The lowest BCUT2D eigenvalue weighted by Gasteiger charge is -2.34. The van der Waals surface area contributed by atoms with Crippen molar-refractivity contribution in [2.45, 2.75) is 0 Å². The molecule has 0 fully saturated rings. The van der Waals surface area contributed by atoms with Gasteiger partial charge in [0.1, 0.15) is 5.82 Å². The average Bonchev–Trinajstić information content (AvgIpc) is 2.92. The lowest BCUT2D eigenvalue weighted by atomic mass is 10.1. The van der Waals surface area contributed by atoms with Gasteiger partial charge in [-0.25, -0.2) is 4.85 Å². The molecule has 34 heavy (non-hydrogen) atoms. The molecule has 0 saturated carbocycles. The predicted octanol–water partition coefficient (Wildman–Crippen LogP) is 4.26. The Hall–Kier alpha value is -4.46. The number of hydrogen-bond acceptors (Lipinski definition) is 2. The maximum atomic E-state index is 7.32. The predicted molar refractivity (Wildman–Crippen MR) is 144 cm³/mol. The zero-order valence-corrected chi connectivity index (χ0v) is 19.6. The average molecular weight is 454 g/mol. The first kappa shape index (κ1) is 21.4. The third-order valence-electron chi connectivity index (χ3n) is 6.28. The summed E-state index contributed by atoms with van der Waals surface area (Å²) < 4.78 is 0. The lowest BCUT2D eigenvalue weighted by Crippen LogP contribution is -2.74. The zero-order chi connectivity index (χ0) is 23.4. The Morgan fingerprint density at radius 1 is 0.618 bits per heavy atom. The largest absolute Gasteiger partial charge is 0.383 e. The molecule has 5 aromatic rings. The molecule has 162 valence electrons. The van der Waals surface area contributed by atoms with Gasteiger partial charge in [-0.3, -0.25) is 4.98 Å². The SMILES string of the molecule is [C-]#[N+]c1cnc(N)c(-c2ccc([Si](c3ccccc3)(c3ccccc3)c3ccccc3)cc2)c1. The van der Waals surface area contributed by atoms with Crippen LogP contribution in [-0.4, -0.2) is 13.1 Å². The van der Waals surface area contributed by atoms with Crippen LogP contribution in [0.1, 0.15) is 0 Å². The van der Waals surface area contributed by atoms with E-state index in [1.54, 1.807) is 6.07 Å². The van der Waals surface area contributed by atoms with Crippen molar-refractivity contribution < 1.29 is 0 Å². The quantitative estimate of drug-likeness (QED) is 0.246. The van der Waals surface area contributed by atoms with Gasteiger partial charge in [0.15, 0.2) is 8.07 Å². The summed E-state index contributed by atoms with van der Waals surface area (Å²) in [6.07, 6.45) is 1.51. The third kappa shape index (κ3) is 3.69. The molecule has 0 unspecified atom stereocenters. The lowest BCUT2D eigenvalue weighted by molar-refractivity contribution is 1.34. The maximum absolute atomic E-state index is 7.32. The number of hydrogen-bond donors (Lipinski definition) is 1. The molecular weight excluding hydrogens is 430 g/mol. The molecule has 0 spiro atoms. The molecule has 0 saturated heterocycles. The van der Waals surface area contributed by atoms with Gasteiger partial charge in [-0.05, 0) is 32.4 Å². The van der Waals surface area contributed by atoms with Gasteiger partial charge in [-0.15, -0.1) is 0 Å². The molecule has 0 radical (unpaired) electrons. The third-order valence-corrected chi connectivity index (χ3v) is 11.1. The highest BCUT2D eigenvalue weighted by Gasteiger charge is 2.41. The highest BCUT2D eigenvalue weighted by atomic mass is 28.3. The monoisotopic (exact) mass is 453 g/mol. The Bertz CT molecular complexity index is 1350. The van der Waals surface area contributed by atoms with Crippen LogP contribution in [0.25, 0.3) is 16.0 Å². The van der Waals surface area contributed by atoms with Crippen molar-refractivity contribution in [1.82, 2.24) is 4.98 Å². The van der Waals surface area contributed by atoms with Gasteiger partial charge in [0, 0.05) is 11.8 Å². The topological polar surface area (TPSA) is 43.3 Å². The number of nitrogens with two attached hydrogens (primary N) is 1. The molecule has 2 N–H and O–H groups in total. The van der Waals surface area contributed by atoms with E-state index in [9.17, 15) is 0 Å². The molecule has 4 heteroatoms. The molecule has 3 nitrogen and oxygen atoms in total. The molecule has 0 bridgehead atoms. The summed E-state index contributed by atoms with van der Waals surface area (Å²) in [5.74, 6) is 0.429. The Morgan fingerprint density at radius 2 is 1.06 bits per heavy atom. The summed E-state index contributed by atoms with van der Waals surface area (Å²) in [4.78, 5) is 7.73. The summed E-state index contributed by atoms with van der Waals surface area (Å²) >= 11 is 0. The van der Waals surface area contributed by atoms with Crippen molar-refractivity contribution in [1.29, 1.82) is 0 Å². The van der Waals surface area contributed by atoms with Crippen LogP contribution in [0.15, 0.2) is 128 Å². The molecule has 0 aliphatic rings. The first-order valence-corrected chi connectivity index (χ1v) is 13.1. The Labute approximate surface area is 201 Å². The number of pyridine rings is 1. The van der Waals surface area contributed by atoms with Crippen LogP contribution >= 0.6 is 0 Å². The van der Waals surface area contributed by atoms with Crippen LogP contribution in [0.5, 0.6) is 0 Å². The van der Waals surface area contributed by atoms with Gasteiger partial charge in [0.2, 0.25) is 5.69 Å². The van der Waals surface area contributed by atoms with E-state index in [-0.39, 0.29) is 0 Å². The van der Waals surface area contributed by atoms with Crippen LogP contribution < -0.4 is 26.5 Å². The van der Waals surface area contributed by atoms with Gasteiger partial charge in [-0.2, -0.15) is 0 Å². The van der Waals surface area contributed by atoms with E-state index >= 15 is 0 Å². The van der Waals surface area contributed by atoms with Crippen LogP contribution in [0.2, 0.25) is 0 Å². The van der Waals surface area contributed by atoms with Gasteiger partial charge in [-0.1, -0.05) is 115 Å². The van der Waals surface area contributed by atoms with Gasteiger partial charge < -0.3 is 5.73 Å². The summed E-state index contributed by atoms with van der Waals surface area (Å²) in [5, 5.41) is 5.27. The second-order valence-corrected chi connectivity index (χ2v) is 12.0. The Morgan fingerprint density at radius 3 is 1.50 bits per heavy atom. The first-order chi connectivity index (χ1) is 16.7. The molecule has 0 aliphatic heterocycles. The van der Waals surface area contributed by atoms with E-state index in [0.717, 1.165) is 11.1 Å². The van der Waals surface area contributed by atoms with Crippen molar-refractivity contribution in [3.8, 4) is 11.1 Å². The molecule has 0 atom stereocenters. The number of benzene rings is 4. The van der Waals surface area contributed by atoms with Gasteiger partial charge >= 0.3 is 0 Å². The van der Waals surface area contributed by atoms with Gasteiger partial charge in [0.25, 0.3) is 0 Å². The molecule has 1 heterocycles. The molecule has 1 aromatic heterocycles. The number of aromatic nitrogens is 1. The Kier molecular flexibility index (Phi) is 5.78. The van der Waals surface area contributed by atoms with E-state index in [0.29, 0.717) is 11.5 Å². The smallest absolute Gasteiger partial charge is 0.205 e. The fourth-order valence-corrected chi connectivity index (χ4v) is 9.46. The molecule has 5 rings (SSSR count). The first-order valence-electron chi connectivity index (χ1n) is 11.1. The Balaban J connectivity index is 1.76. The van der Waals surface area contributed by atoms with E-state index < -0.39 is 8.07 Å². The van der Waals surface area contributed by atoms with E-state index in [2.05, 4.69) is 125 Å². The summed E-state index contributed by atoms with van der Waals surface area (Å²) in [5.41, 5.74) is 8.39. The normalized spacial score (nSPS) is 11.0. The number of anilines is 1. The van der Waals surface area contributed by atoms with Crippen molar-refractivity contribution >= 4 is 40.3 Å². The minimum Gasteiger partial charge on any atom is -0.383 e. The van der Waals surface area contributed by atoms with Crippen molar-refractivity contribution in [2.24, 2.45) is 0 Å². The van der Waals surface area contributed by atoms with E-state index in [1.807, 2.05) is 0 Å². The summed E-state index contributed by atoms with van der Waals surface area (Å²) in [6, 6.07) is 42.9. The van der Waals surface area contributed by atoms with E-state index in [1.165, 1.54) is 26.9 Å². The maximum Gasteiger partial charge on any atom is 0.205 e. The minimum atomic E-state index is -2.55. The second kappa shape index (κ2) is 9.19. The van der Waals surface area contributed by atoms with Crippen LogP contribution in [-0.2, 0) is 0 Å². The summed E-state index contributed by atoms with van der Waals surface area (Å²) in [6.45, 7) is 7.32. The van der Waals surface area contributed by atoms with E-state index in [4.69, 9.17) is 12.3 Å². The number of nitrogen functional groups attached to an aromatic ring is 1. The number of nitrogens with zero attached hydrogens (tertiary/aromatic N) is 2. The highest BCUT2D eigenvalue weighted by molar-refractivity contribution is 7.19. The van der Waals surface area contributed by atoms with Crippen molar-refractivity contribution in [3.05, 3.63) is 139 Å². The van der Waals surface area contributed by atoms with Crippen molar-refractivity contribution in [3.63, 3.8) is 0 Å². The van der Waals surface area contributed by atoms with Crippen LogP contribution in [0, 0.1) is 6.57 Å². The standard InChI is InChI=1S/C30H23N3Si/c1-32-24-21-29(30(31)33-22-24)23-17-19-28(20-18-23)34(25-11-5-2-6-12-25,26-13-7-3-8-14-26)27-15-9-4-10-16-27/h2-22H,(H2,31,33).